The van der Waals surface area contributed by atoms with Crippen LogP contribution in [0.15, 0.2) is 30.3 Å². The van der Waals surface area contributed by atoms with Crippen molar-refractivity contribution >= 4 is 55.5 Å². The van der Waals surface area contributed by atoms with Gasteiger partial charge in [0.25, 0.3) is 5.91 Å². The normalized spacial score (nSPS) is 11.4. The lowest BCUT2D eigenvalue weighted by atomic mass is 10.3. The van der Waals surface area contributed by atoms with Gasteiger partial charge in [0, 0.05) is 13.0 Å². The first-order valence-electron chi connectivity index (χ1n) is 7.86. The quantitative estimate of drug-likeness (QED) is 0.691. The van der Waals surface area contributed by atoms with E-state index in [-0.39, 0.29) is 11.7 Å². The third kappa shape index (κ3) is 4.36. The van der Waals surface area contributed by atoms with E-state index in [0.29, 0.717) is 26.4 Å². The molecule has 2 heterocycles. The maximum Gasteiger partial charge on any atom is 0.270 e. The van der Waals surface area contributed by atoms with Crippen molar-refractivity contribution in [2.75, 3.05) is 32.1 Å². The standard InChI is InChI=1S/C17H17ClFN3OS2/c1-21(2)8-3-9-22(16(23)13-6-7-15(18)24-13)17-20-12-5-4-11(19)10-14(12)25-17/h4-7,10H,3,8-9H2,1-2H3/p+1. The minimum Gasteiger partial charge on any atom is -0.340 e. The number of carbonyl (C=O) groups excluding carboxylic acids is 1. The van der Waals surface area contributed by atoms with Gasteiger partial charge >= 0.3 is 0 Å². The van der Waals surface area contributed by atoms with Gasteiger partial charge in [-0.2, -0.15) is 0 Å². The number of halogens is 2. The largest absolute Gasteiger partial charge is 0.340 e. The molecule has 0 aliphatic heterocycles. The van der Waals surface area contributed by atoms with Crippen LogP contribution in [0.3, 0.4) is 0 Å². The predicted octanol–water partition coefficient (Wildman–Crippen LogP) is 3.33. The van der Waals surface area contributed by atoms with Gasteiger partial charge in [0.1, 0.15) is 5.82 Å². The molecular weight excluding hydrogens is 381 g/mol. The van der Waals surface area contributed by atoms with Crippen molar-refractivity contribution in [3.63, 3.8) is 0 Å². The van der Waals surface area contributed by atoms with E-state index in [0.717, 1.165) is 17.7 Å². The minimum atomic E-state index is -0.304. The van der Waals surface area contributed by atoms with Crippen molar-refractivity contribution < 1.29 is 14.1 Å². The molecule has 3 aromatic rings. The highest BCUT2D eigenvalue weighted by Crippen LogP contribution is 2.31. The minimum absolute atomic E-state index is 0.120. The molecule has 25 heavy (non-hydrogen) atoms. The van der Waals surface area contributed by atoms with Crippen LogP contribution in [0, 0.1) is 5.82 Å². The average Bonchev–Trinajstić information content (AvgIpc) is 3.16. The summed E-state index contributed by atoms with van der Waals surface area (Å²) in [7, 11) is 4.15. The molecule has 0 spiro atoms. The zero-order valence-electron chi connectivity index (χ0n) is 13.9. The van der Waals surface area contributed by atoms with Gasteiger partial charge in [0.05, 0.1) is 40.1 Å². The van der Waals surface area contributed by atoms with Crippen LogP contribution < -0.4 is 9.80 Å². The number of fused-ring (bicyclic) bond motifs is 1. The first kappa shape index (κ1) is 18.3. The smallest absolute Gasteiger partial charge is 0.270 e. The summed E-state index contributed by atoms with van der Waals surface area (Å²) in [6, 6.07) is 7.92. The molecule has 0 radical (unpaired) electrons. The Morgan fingerprint density at radius 3 is 2.76 bits per heavy atom. The monoisotopic (exact) mass is 398 g/mol. The highest BCUT2D eigenvalue weighted by molar-refractivity contribution is 7.22. The van der Waals surface area contributed by atoms with Crippen LogP contribution in [0.5, 0.6) is 0 Å². The number of aromatic nitrogens is 1. The van der Waals surface area contributed by atoms with Crippen LogP contribution in [0.2, 0.25) is 4.34 Å². The summed E-state index contributed by atoms with van der Waals surface area (Å²) >= 11 is 8.55. The Bertz CT molecular complexity index is 893. The number of thiazole rings is 1. The zero-order valence-corrected chi connectivity index (χ0v) is 16.3. The van der Waals surface area contributed by atoms with Gasteiger partial charge in [-0.05, 0) is 30.3 Å². The van der Waals surface area contributed by atoms with Gasteiger partial charge < -0.3 is 4.90 Å². The maximum atomic E-state index is 13.4. The van der Waals surface area contributed by atoms with E-state index < -0.39 is 0 Å². The Kier molecular flexibility index (Phi) is 5.68. The van der Waals surface area contributed by atoms with Crippen molar-refractivity contribution in [1.82, 2.24) is 4.98 Å². The van der Waals surface area contributed by atoms with Crippen LogP contribution in [-0.2, 0) is 0 Å². The molecule has 0 aliphatic rings. The molecule has 0 unspecified atom stereocenters. The molecule has 8 heteroatoms. The third-order valence-electron chi connectivity index (χ3n) is 3.66. The van der Waals surface area contributed by atoms with E-state index in [9.17, 15) is 9.18 Å². The second kappa shape index (κ2) is 7.78. The topological polar surface area (TPSA) is 37.6 Å². The molecule has 0 fully saturated rings. The molecule has 1 aromatic carbocycles. The lowest BCUT2D eigenvalue weighted by Gasteiger charge is -2.19. The van der Waals surface area contributed by atoms with Crippen molar-refractivity contribution in [2.45, 2.75) is 6.42 Å². The lowest BCUT2D eigenvalue weighted by Crippen LogP contribution is -3.05. The fourth-order valence-electron chi connectivity index (χ4n) is 2.44. The van der Waals surface area contributed by atoms with Crippen LogP contribution >= 0.6 is 34.3 Å². The highest BCUT2D eigenvalue weighted by Gasteiger charge is 2.23. The molecule has 0 aliphatic carbocycles. The number of carbonyl (C=O) groups is 1. The van der Waals surface area contributed by atoms with Gasteiger partial charge in [0.2, 0.25) is 0 Å². The summed E-state index contributed by atoms with van der Waals surface area (Å²) in [5, 5.41) is 0.587. The molecule has 4 nitrogen and oxygen atoms in total. The van der Waals surface area contributed by atoms with E-state index in [1.165, 1.54) is 39.7 Å². The van der Waals surface area contributed by atoms with Gasteiger partial charge in [-0.25, -0.2) is 9.37 Å². The number of quaternary nitrogens is 1. The molecule has 0 atom stereocenters. The van der Waals surface area contributed by atoms with Crippen LogP contribution in [0.25, 0.3) is 10.2 Å². The average molecular weight is 399 g/mol. The number of benzene rings is 1. The first-order chi connectivity index (χ1) is 11.9. The molecule has 0 bridgehead atoms. The van der Waals surface area contributed by atoms with E-state index >= 15 is 0 Å². The fraction of sp³-hybridized carbons (Fsp3) is 0.294. The molecule has 2 aromatic heterocycles. The Labute approximate surface area is 158 Å². The summed E-state index contributed by atoms with van der Waals surface area (Å²) in [5.41, 5.74) is 0.696. The number of thiophene rings is 1. The molecule has 0 saturated carbocycles. The maximum absolute atomic E-state index is 13.4. The van der Waals surface area contributed by atoms with E-state index in [4.69, 9.17) is 11.6 Å². The van der Waals surface area contributed by atoms with Crippen LogP contribution in [0.4, 0.5) is 9.52 Å². The number of nitrogens with one attached hydrogen (secondary N) is 1. The number of rotatable bonds is 6. The Morgan fingerprint density at radius 2 is 2.08 bits per heavy atom. The Balaban J connectivity index is 1.92. The predicted molar refractivity (Wildman–Crippen MR) is 103 cm³/mol. The Hall–Kier alpha value is -1.54. The molecule has 1 amide bonds. The van der Waals surface area contributed by atoms with Gasteiger partial charge in [0.15, 0.2) is 5.13 Å². The number of amides is 1. The molecule has 1 N–H and O–H groups in total. The number of nitrogens with zero attached hydrogens (tertiary/aromatic N) is 2. The first-order valence-corrected chi connectivity index (χ1v) is 9.87. The Morgan fingerprint density at radius 1 is 1.28 bits per heavy atom. The highest BCUT2D eigenvalue weighted by atomic mass is 35.5. The summed E-state index contributed by atoms with van der Waals surface area (Å²) in [5.74, 6) is -0.424. The van der Waals surface area contributed by atoms with Crippen molar-refractivity contribution in [2.24, 2.45) is 0 Å². The molecular formula is C17H18ClFN3OS2+. The SMILES string of the molecule is C[NH+](C)CCCN(C(=O)c1ccc(Cl)s1)c1nc2ccc(F)cc2s1. The molecule has 0 saturated heterocycles. The van der Waals surface area contributed by atoms with E-state index in [1.807, 2.05) is 0 Å². The van der Waals surface area contributed by atoms with Gasteiger partial charge in [-0.1, -0.05) is 22.9 Å². The number of hydrogen-bond donors (Lipinski definition) is 1. The second-order valence-corrected chi connectivity index (χ2v) is 8.70. The number of hydrogen-bond acceptors (Lipinski definition) is 4. The van der Waals surface area contributed by atoms with E-state index in [1.54, 1.807) is 23.1 Å². The summed E-state index contributed by atoms with van der Waals surface area (Å²) < 4.78 is 14.8. The summed E-state index contributed by atoms with van der Waals surface area (Å²) in [6.45, 7) is 1.50. The third-order valence-corrected chi connectivity index (χ3v) is 5.92. The second-order valence-electron chi connectivity index (χ2n) is 5.98. The van der Waals surface area contributed by atoms with Crippen molar-refractivity contribution in [3.05, 3.63) is 45.4 Å². The van der Waals surface area contributed by atoms with Gasteiger partial charge in [-0.3, -0.25) is 9.69 Å². The van der Waals surface area contributed by atoms with Gasteiger partial charge in [-0.15, -0.1) is 11.3 Å². The van der Waals surface area contributed by atoms with E-state index in [2.05, 4.69) is 19.1 Å². The lowest BCUT2D eigenvalue weighted by molar-refractivity contribution is -0.858. The van der Waals surface area contributed by atoms with Crippen LogP contribution in [-0.4, -0.2) is 38.1 Å². The fourth-order valence-corrected chi connectivity index (χ4v) is 4.45. The van der Waals surface area contributed by atoms with Crippen LogP contribution in [0.1, 0.15) is 16.1 Å². The number of anilines is 1. The summed E-state index contributed by atoms with van der Waals surface area (Å²) in [4.78, 5) is 21.0. The molecule has 3 rings (SSSR count). The van der Waals surface area contributed by atoms with Crippen molar-refractivity contribution in [1.29, 1.82) is 0 Å². The molecule has 132 valence electrons. The van der Waals surface area contributed by atoms with Crippen molar-refractivity contribution in [3.8, 4) is 0 Å². The summed E-state index contributed by atoms with van der Waals surface area (Å²) in [6.07, 6.45) is 0.845. The zero-order chi connectivity index (χ0) is 18.0.